The van der Waals surface area contributed by atoms with Gasteiger partial charge in [0.25, 0.3) is 0 Å². The quantitative estimate of drug-likeness (QED) is 0.892. The molecule has 4 heteroatoms. The normalized spacial score (nSPS) is 24.4. The maximum Gasteiger partial charge on any atom is 0.152 e. The largest absolute Gasteiger partial charge is 0.309 e. The van der Waals surface area contributed by atoms with E-state index in [1.807, 2.05) is 25.1 Å². The van der Waals surface area contributed by atoms with Crippen molar-refractivity contribution in [1.29, 1.82) is 0 Å². The van der Waals surface area contributed by atoms with Gasteiger partial charge in [-0.2, -0.15) is 0 Å². The monoisotopic (exact) mass is 253 g/mol. The molecule has 0 saturated heterocycles. The first-order chi connectivity index (χ1) is 8.04. The minimum absolute atomic E-state index is 0.0556. The summed E-state index contributed by atoms with van der Waals surface area (Å²) < 4.78 is 23.7. The highest BCUT2D eigenvalue weighted by Gasteiger charge is 2.35. The van der Waals surface area contributed by atoms with E-state index in [2.05, 4.69) is 11.4 Å². The Morgan fingerprint density at radius 2 is 2.06 bits per heavy atom. The lowest BCUT2D eigenvalue weighted by Gasteiger charge is -2.33. The summed E-state index contributed by atoms with van der Waals surface area (Å²) in [5.41, 5.74) is 2.43. The van der Waals surface area contributed by atoms with Crippen LogP contribution in [0.25, 0.3) is 0 Å². The molecule has 0 bridgehead atoms. The van der Waals surface area contributed by atoms with Crippen LogP contribution >= 0.6 is 0 Å². The van der Waals surface area contributed by atoms with Crippen molar-refractivity contribution in [2.24, 2.45) is 0 Å². The van der Waals surface area contributed by atoms with Crippen LogP contribution in [0, 0.1) is 0 Å². The van der Waals surface area contributed by atoms with Gasteiger partial charge in [-0.1, -0.05) is 31.2 Å². The third-order valence-electron chi connectivity index (χ3n) is 3.43. The number of rotatable bonds is 3. The Balaban J connectivity index is 2.43. The van der Waals surface area contributed by atoms with Gasteiger partial charge in [0.2, 0.25) is 0 Å². The molecule has 2 unspecified atom stereocenters. The van der Waals surface area contributed by atoms with E-state index in [9.17, 15) is 8.42 Å². The summed E-state index contributed by atoms with van der Waals surface area (Å²) in [7, 11) is -3.00. The van der Waals surface area contributed by atoms with Gasteiger partial charge in [-0.05, 0) is 30.5 Å². The van der Waals surface area contributed by atoms with Gasteiger partial charge in [0.05, 0.1) is 5.25 Å². The van der Waals surface area contributed by atoms with Gasteiger partial charge < -0.3 is 5.32 Å². The van der Waals surface area contributed by atoms with Crippen molar-refractivity contribution in [3.05, 3.63) is 35.4 Å². The van der Waals surface area contributed by atoms with Gasteiger partial charge in [0, 0.05) is 12.3 Å². The molecule has 2 atom stereocenters. The first-order valence-electron chi connectivity index (χ1n) is 6.04. The lowest BCUT2D eigenvalue weighted by atomic mass is 9.87. The van der Waals surface area contributed by atoms with E-state index in [1.54, 1.807) is 0 Å². The van der Waals surface area contributed by atoms with E-state index in [1.165, 1.54) is 11.8 Å². The summed E-state index contributed by atoms with van der Waals surface area (Å²) in [4.78, 5) is 0. The average molecular weight is 253 g/mol. The molecule has 0 radical (unpaired) electrons. The second-order valence-electron chi connectivity index (χ2n) is 4.64. The Morgan fingerprint density at radius 1 is 1.35 bits per heavy atom. The van der Waals surface area contributed by atoms with Crippen LogP contribution in [0.2, 0.25) is 0 Å². The zero-order valence-electron chi connectivity index (χ0n) is 10.3. The molecule has 1 aliphatic carbocycles. The smallest absolute Gasteiger partial charge is 0.152 e. The molecule has 17 heavy (non-hydrogen) atoms. The molecule has 94 valence electrons. The maximum absolute atomic E-state index is 11.8. The molecule has 1 N–H and O–H groups in total. The predicted molar refractivity (Wildman–Crippen MR) is 69.8 cm³/mol. The first-order valence-corrected chi connectivity index (χ1v) is 7.99. The molecule has 3 nitrogen and oxygen atoms in total. The highest BCUT2D eigenvalue weighted by molar-refractivity contribution is 7.91. The topological polar surface area (TPSA) is 46.2 Å². The molecular formula is C13H19NO2S. The van der Waals surface area contributed by atoms with Crippen molar-refractivity contribution in [3.63, 3.8) is 0 Å². The molecule has 1 aromatic rings. The van der Waals surface area contributed by atoms with Gasteiger partial charge in [-0.3, -0.25) is 0 Å². The van der Waals surface area contributed by atoms with Crippen LogP contribution in [0.3, 0.4) is 0 Å². The molecule has 0 saturated carbocycles. The standard InChI is InChI=1S/C13H19NO2S/c1-3-14-13-11-7-5-4-6-10(11)8-9-12(13)17(2,15)16/h4-7,12-14H,3,8-9H2,1-2H3. The SMILES string of the molecule is CCNC1c2ccccc2CCC1S(C)(=O)=O. The van der Waals surface area contributed by atoms with Crippen LogP contribution in [0.15, 0.2) is 24.3 Å². The third-order valence-corrected chi connectivity index (χ3v) is 5.04. The Hall–Kier alpha value is -0.870. The first kappa shape index (κ1) is 12.6. The van der Waals surface area contributed by atoms with Gasteiger partial charge in [-0.25, -0.2) is 8.42 Å². The van der Waals surface area contributed by atoms with Gasteiger partial charge in [0.1, 0.15) is 0 Å². The summed E-state index contributed by atoms with van der Waals surface area (Å²) in [6.07, 6.45) is 2.92. The van der Waals surface area contributed by atoms with Crippen LogP contribution in [0.4, 0.5) is 0 Å². The van der Waals surface area contributed by atoms with Crippen LogP contribution in [-0.2, 0) is 16.3 Å². The number of aryl methyl sites for hydroxylation is 1. The molecule has 1 aliphatic rings. The van der Waals surface area contributed by atoms with Crippen LogP contribution < -0.4 is 5.32 Å². The van der Waals surface area contributed by atoms with E-state index in [4.69, 9.17) is 0 Å². The highest BCUT2D eigenvalue weighted by atomic mass is 32.2. The lowest BCUT2D eigenvalue weighted by molar-refractivity contribution is 0.459. The summed E-state index contributed by atoms with van der Waals surface area (Å²) >= 11 is 0. The maximum atomic E-state index is 11.8. The lowest BCUT2D eigenvalue weighted by Crippen LogP contribution is -2.40. The molecule has 2 rings (SSSR count). The van der Waals surface area contributed by atoms with Crippen molar-refractivity contribution >= 4 is 9.84 Å². The average Bonchev–Trinajstić information content (AvgIpc) is 2.28. The molecule has 1 aromatic carbocycles. The molecule has 0 heterocycles. The van der Waals surface area contributed by atoms with E-state index in [0.29, 0.717) is 6.42 Å². The number of fused-ring (bicyclic) bond motifs is 1. The summed E-state index contributed by atoms with van der Waals surface area (Å²) in [6, 6.07) is 8.08. The number of benzene rings is 1. The highest BCUT2D eigenvalue weighted by Crippen LogP contribution is 2.33. The van der Waals surface area contributed by atoms with Crippen molar-refractivity contribution in [2.45, 2.75) is 31.1 Å². The van der Waals surface area contributed by atoms with Crippen molar-refractivity contribution in [2.75, 3.05) is 12.8 Å². The number of nitrogens with one attached hydrogen (secondary N) is 1. The Morgan fingerprint density at radius 3 is 2.71 bits per heavy atom. The zero-order chi connectivity index (χ0) is 12.5. The van der Waals surface area contributed by atoms with E-state index in [-0.39, 0.29) is 11.3 Å². The molecule has 0 fully saturated rings. The van der Waals surface area contributed by atoms with E-state index >= 15 is 0 Å². The number of hydrogen-bond donors (Lipinski definition) is 1. The number of hydrogen-bond acceptors (Lipinski definition) is 3. The fraction of sp³-hybridized carbons (Fsp3) is 0.538. The van der Waals surface area contributed by atoms with Crippen molar-refractivity contribution < 1.29 is 8.42 Å². The van der Waals surface area contributed by atoms with Crippen molar-refractivity contribution in [3.8, 4) is 0 Å². The fourth-order valence-electron chi connectivity index (χ4n) is 2.65. The van der Waals surface area contributed by atoms with Crippen LogP contribution in [0.1, 0.15) is 30.5 Å². The second-order valence-corrected chi connectivity index (χ2v) is 6.91. The molecule has 0 amide bonds. The molecule has 0 aromatic heterocycles. The second kappa shape index (κ2) is 4.78. The van der Waals surface area contributed by atoms with E-state index in [0.717, 1.165) is 18.5 Å². The van der Waals surface area contributed by atoms with E-state index < -0.39 is 9.84 Å². The minimum Gasteiger partial charge on any atom is -0.309 e. The third kappa shape index (κ3) is 2.53. The summed E-state index contributed by atoms with van der Waals surface area (Å²) in [5, 5.41) is 3.02. The zero-order valence-corrected chi connectivity index (χ0v) is 11.1. The predicted octanol–water partition coefficient (Wildman–Crippen LogP) is 1.70. The minimum atomic E-state index is -3.00. The van der Waals surface area contributed by atoms with Gasteiger partial charge in [-0.15, -0.1) is 0 Å². The fourth-order valence-corrected chi connectivity index (χ4v) is 3.94. The van der Waals surface area contributed by atoms with Gasteiger partial charge in [0.15, 0.2) is 9.84 Å². The van der Waals surface area contributed by atoms with Crippen LogP contribution in [-0.4, -0.2) is 26.5 Å². The molecular weight excluding hydrogens is 234 g/mol. The molecule has 0 aliphatic heterocycles. The Bertz CT molecular complexity index is 496. The molecule has 0 spiro atoms. The number of sulfone groups is 1. The summed E-state index contributed by atoms with van der Waals surface area (Å²) in [5.74, 6) is 0. The summed E-state index contributed by atoms with van der Waals surface area (Å²) in [6.45, 7) is 2.79. The van der Waals surface area contributed by atoms with Gasteiger partial charge >= 0.3 is 0 Å². The van der Waals surface area contributed by atoms with Crippen molar-refractivity contribution in [1.82, 2.24) is 5.32 Å². The Labute approximate surface area is 103 Å². The van der Waals surface area contributed by atoms with Crippen LogP contribution in [0.5, 0.6) is 0 Å². The Kier molecular flexibility index (Phi) is 3.54.